The van der Waals surface area contributed by atoms with Gasteiger partial charge in [-0.1, -0.05) is 70.2 Å². The number of halogens is 2. The number of unbranched alkanes of at least 4 members (excludes halogenated alkanes) is 2. The first-order valence-corrected chi connectivity index (χ1v) is 16.7. The van der Waals surface area contributed by atoms with Crippen LogP contribution in [0.15, 0.2) is 48.1 Å². The zero-order valence-electron chi connectivity index (χ0n) is 27.0. The van der Waals surface area contributed by atoms with Gasteiger partial charge >= 0.3 is 79.8 Å². The number of hydrogen-bond donors (Lipinski definition) is 0. The van der Waals surface area contributed by atoms with E-state index < -0.39 is 0 Å². The molecule has 0 aliphatic heterocycles. The van der Waals surface area contributed by atoms with Gasteiger partial charge in [0.05, 0.1) is 0 Å². The van der Waals surface area contributed by atoms with Gasteiger partial charge in [-0.3, -0.25) is 12.2 Å². The van der Waals surface area contributed by atoms with Crippen LogP contribution in [0.2, 0.25) is 0 Å². The molecule has 0 nitrogen and oxygen atoms in total. The topological polar surface area (TPSA) is 0 Å². The van der Waals surface area contributed by atoms with Crippen molar-refractivity contribution in [1.82, 2.24) is 0 Å². The first kappa shape index (κ1) is 36.9. The molecule has 2 aromatic rings. The number of benzene rings is 2. The molecule has 1 atom stereocenters. The van der Waals surface area contributed by atoms with E-state index in [1.54, 1.807) is 27.4 Å². The second kappa shape index (κ2) is 15.6. The van der Waals surface area contributed by atoms with Crippen LogP contribution in [-0.4, -0.2) is 3.21 Å². The second-order valence-corrected chi connectivity index (χ2v) is 14.9. The van der Waals surface area contributed by atoms with E-state index in [9.17, 15) is 0 Å². The SMILES string of the molecule is CC1(C)[C-]=Cc2cc3c(cc21)Cc1cc2c(cc1-3)C=CC2(C)C.CC1=CC(C)[C-]=C1.CCCC[C](=[Zr+2])CCCC.[Cl-].[Cl-]. The minimum atomic E-state index is 0. The fourth-order valence-corrected chi connectivity index (χ4v) is 6.93. The Labute approximate surface area is 284 Å². The van der Waals surface area contributed by atoms with Crippen molar-refractivity contribution in [1.29, 1.82) is 0 Å². The van der Waals surface area contributed by atoms with Gasteiger partial charge in [-0.2, -0.15) is 11.6 Å². The molecule has 224 valence electrons. The largest absolute Gasteiger partial charge is 1.00 e. The molecular formula is C39H48Cl2Zr-2. The second-order valence-electron chi connectivity index (χ2n) is 13.2. The molecule has 0 saturated carbocycles. The van der Waals surface area contributed by atoms with Crippen molar-refractivity contribution in [2.45, 2.75) is 111 Å². The summed E-state index contributed by atoms with van der Waals surface area (Å²) in [6, 6.07) is 9.66. The van der Waals surface area contributed by atoms with Crippen LogP contribution < -0.4 is 24.8 Å². The van der Waals surface area contributed by atoms with Gasteiger partial charge in [0.15, 0.2) is 0 Å². The summed E-state index contributed by atoms with van der Waals surface area (Å²) < 4.78 is 1.79. The Hall–Kier alpha value is -1.27. The van der Waals surface area contributed by atoms with Crippen molar-refractivity contribution in [2.24, 2.45) is 5.92 Å². The summed E-state index contributed by atoms with van der Waals surface area (Å²) in [5.74, 6) is 0.556. The van der Waals surface area contributed by atoms with Gasteiger partial charge in [0.2, 0.25) is 0 Å². The van der Waals surface area contributed by atoms with Crippen molar-refractivity contribution in [3.8, 4) is 11.1 Å². The van der Waals surface area contributed by atoms with E-state index in [1.807, 2.05) is 6.08 Å². The smallest absolute Gasteiger partial charge is 1.00 e. The number of fused-ring (bicyclic) bond motifs is 5. The molecule has 4 aliphatic carbocycles. The number of allylic oxidation sites excluding steroid dienone is 6. The maximum Gasteiger partial charge on any atom is -1.00 e. The molecule has 1 unspecified atom stereocenters. The summed E-state index contributed by atoms with van der Waals surface area (Å²) in [6.45, 7) is 17.9. The number of hydrogen-bond acceptors (Lipinski definition) is 0. The Morgan fingerprint density at radius 2 is 1.43 bits per heavy atom. The molecule has 0 N–H and O–H groups in total. The van der Waals surface area contributed by atoms with Crippen LogP contribution in [0.3, 0.4) is 0 Å². The Kier molecular flexibility index (Phi) is 13.8. The van der Waals surface area contributed by atoms with Crippen molar-refractivity contribution in [3.05, 3.63) is 93.6 Å². The minimum Gasteiger partial charge on any atom is -1.00 e. The molecule has 3 heteroatoms. The van der Waals surface area contributed by atoms with Crippen LogP contribution in [0.1, 0.15) is 127 Å². The molecule has 2 aromatic carbocycles. The van der Waals surface area contributed by atoms with Crippen LogP contribution in [0.5, 0.6) is 0 Å². The fraction of sp³-hybridized carbons (Fsp3) is 0.462. The molecule has 0 heterocycles. The van der Waals surface area contributed by atoms with Gasteiger partial charge < -0.3 is 24.8 Å². The average molecular weight is 679 g/mol. The van der Waals surface area contributed by atoms with E-state index in [0.717, 1.165) is 6.42 Å². The standard InChI is InChI=1S/C23H21.C9H18.C7H9.2ClH.Zr/c1-22(2)7-5-14-10-18-16(12-20(14)22)9-17-13-21-15(11-19(17)18)6-8-23(21,3)4;1-3-5-7-9-8-6-4-2;1-6-3-4-7(2)5-6;;;/h5-7,10-13H,9H2,1-4H3;3-8H2,1-2H3;3,5,7H,1-2H3;2*1H;/q-1;;-1;;;+2/p-2. The summed E-state index contributed by atoms with van der Waals surface area (Å²) in [5.41, 5.74) is 13.0. The van der Waals surface area contributed by atoms with Gasteiger partial charge in [-0.05, 0) is 45.9 Å². The van der Waals surface area contributed by atoms with Gasteiger partial charge in [0.25, 0.3) is 0 Å². The monoisotopic (exact) mass is 676 g/mol. The molecule has 0 bridgehead atoms. The third kappa shape index (κ3) is 8.67. The van der Waals surface area contributed by atoms with E-state index in [-0.39, 0.29) is 35.6 Å². The molecule has 0 saturated heterocycles. The van der Waals surface area contributed by atoms with Gasteiger partial charge in [0.1, 0.15) is 0 Å². The van der Waals surface area contributed by atoms with Crippen LogP contribution in [0, 0.1) is 18.1 Å². The maximum atomic E-state index is 3.50. The first-order chi connectivity index (χ1) is 18.9. The maximum absolute atomic E-state index is 3.50. The van der Waals surface area contributed by atoms with E-state index in [4.69, 9.17) is 0 Å². The molecule has 6 rings (SSSR count). The predicted molar refractivity (Wildman–Crippen MR) is 172 cm³/mol. The van der Waals surface area contributed by atoms with Crippen LogP contribution in [0.25, 0.3) is 23.3 Å². The van der Waals surface area contributed by atoms with Crippen LogP contribution >= 0.6 is 0 Å². The van der Waals surface area contributed by atoms with Crippen molar-refractivity contribution in [3.63, 3.8) is 0 Å². The van der Waals surface area contributed by atoms with E-state index in [1.165, 1.54) is 88.6 Å². The molecule has 4 aliphatic rings. The predicted octanol–water partition coefficient (Wildman–Crippen LogP) is 4.71. The fourth-order valence-electron chi connectivity index (χ4n) is 6.06. The molecule has 0 spiro atoms. The minimum absolute atomic E-state index is 0. The van der Waals surface area contributed by atoms with Gasteiger partial charge in [-0.15, -0.1) is 18.6 Å². The van der Waals surface area contributed by atoms with E-state index in [2.05, 4.69) is 116 Å². The number of rotatable bonds is 6. The van der Waals surface area contributed by atoms with Crippen molar-refractivity contribution in [2.75, 3.05) is 0 Å². The first-order valence-electron chi connectivity index (χ1n) is 15.4. The van der Waals surface area contributed by atoms with Crippen molar-refractivity contribution >= 4 is 15.4 Å². The molecule has 0 radical (unpaired) electrons. The zero-order chi connectivity index (χ0) is 29.1. The quantitative estimate of drug-likeness (QED) is 0.332. The third-order valence-corrected chi connectivity index (χ3v) is 9.84. The molecular weight excluding hydrogens is 631 g/mol. The molecule has 0 aromatic heterocycles. The Balaban J connectivity index is 0.000000273. The summed E-state index contributed by atoms with van der Waals surface area (Å²) in [7, 11) is 0. The van der Waals surface area contributed by atoms with Gasteiger partial charge in [0, 0.05) is 5.41 Å². The molecule has 42 heavy (non-hydrogen) atoms. The van der Waals surface area contributed by atoms with Crippen LogP contribution in [0.4, 0.5) is 0 Å². The third-order valence-electron chi connectivity index (χ3n) is 8.61. The summed E-state index contributed by atoms with van der Waals surface area (Å²) in [4.78, 5) is 0. The Morgan fingerprint density at radius 1 is 0.857 bits per heavy atom. The van der Waals surface area contributed by atoms with Crippen LogP contribution in [-0.2, 0) is 41.5 Å². The molecule has 0 fully saturated rings. The van der Waals surface area contributed by atoms with E-state index >= 15 is 0 Å². The zero-order valence-corrected chi connectivity index (χ0v) is 30.9. The average Bonchev–Trinajstić information content (AvgIpc) is 3.64. The van der Waals surface area contributed by atoms with Gasteiger partial charge in [-0.25, -0.2) is 17.7 Å². The Bertz CT molecular complexity index is 1300. The summed E-state index contributed by atoms with van der Waals surface area (Å²) in [6.07, 6.45) is 27.1. The van der Waals surface area contributed by atoms with Crippen molar-refractivity contribution < 1.29 is 49.0 Å². The normalized spacial score (nSPS) is 18.2. The summed E-state index contributed by atoms with van der Waals surface area (Å²) in [5, 5.41) is 0. The Morgan fingerprint density at radius 3 is 1.93 bits per heavy atom. The summed E-state index contributed by atoms with van der Waals surface area (Å²) >= 11 is 1.67. The van der Waals surface area contributed by atoms with E-state index in [0.29, 0.717) is 5.92 Å². The molecule has 0 amide bonds.